The van der Waals surface area contributed by atoms with E-state index in [9.17, 15) is 4.79 Å². The third-order valence-corrected chi connectivity index (χ3v) is 5.89. The lowest BCUT2D eigenvalue weighted by molar-refractivity contribution is 0.0993. The van der Waals surface area contributed by atoms with Gasteiger partial charge in [-0.1, -0.05) is 41.4 Å². The molecular formula is C25H17Cl2N3O. The van der Waals surface area contributed by atoms with Crippen molar-refractivity contribution in [3.63, 3.8) is 0 Å². The van der Waals surface area contributed by atoms with Crippen LogP contribution in [0.3, 0.4) is 0 Å². The van der Waals surface area contributed by atoms with Gasteiger partial charge < -0.3 is 4.98 Å². The van der Waals surface area contributed by atoms with Gasteiger partial charge in [0.25, 0.3) is 0 Å². The van der Waals surface area contributed by atoms with Crippen LogP contribution >= 0.6 is 23.2 Å². The molecule has 0 unspecified atom stereocenters. The second-order valence-corrected chi connectivity index (χ2v) is 8.31. The number of carbonyl (C=O) groups excluding carboxylic acids is 1. The molecule has 0 saturated carbocycles. The second kappa shape index (κ2) is 7.80. The van der Waals surface area contributed by atoms with Gasteiger partial charge in [0.2, 0.25) is 0 Å². The highest BCUT2D eigenvalue weighted by Crippen LogP contribution is 2.34. The molecule has 1 N–H and O–H groups in total. The minimum absolute atomic E-state index is 0.0354. The van der Waals surface area contributed by atoms with E-state index >= 15 is 0 Å². The Morgan fingerprint density at radius 1 is 0.903 bits per heavy atom. The average molecular weight is 446 g/mol. The molecule has 31 heavy (non-hydrogen) atoms. The first-order valence-corrected chi connectivity index (χ1v) is 10.6. The molecule has 0 aliphatic heterocycles. The average Bonchev–Trinajstić information content (AvgIpc) is 3.16. The normalized spacial score (nSPS) is 11.3. The predicted octanol–water partition coefficient (Wildman–Crippen LogP) is 6.82. The number of H-pyrrole nitrogens is 1. The second-order valence-electron chi connectivity index (χ2n) is 7.49. The predicted molar refractivity (Wildman–Crippen MR) is 126 cm³/mol. The number of Topliss-reactive ketones (excluding diaryl/α,β-unsaturated/α-hetero) is 1. The molecule has 0 atom stereocenters. The van der Waals surface area contributed by atoms with Crippen LogP contribution in [-0.4, -0.2) is 20.7 Å². The fourth-order valence-corrected chi connectivity index (χ4v) is 4.28. The Labute approximate surface area is 188 Å². The van der Waals surface area contributed by atoms with Crippen molar-refractivity contribution in [1.29, 1.82) is 0 Å². The van der Waals surface area contributed by atoms with E-state index < -0.39 is 0 Å². The molecule has 152 valence electrons. The van der Waals surface area contributed by atoms with Crippen molar-refractivity contribution < 1.29 is 4.79 Å². The topological polar surface area (TPSA) is 58.6 Å². The Kier molecular flexibility index (Phi) is 4.97. The number of hydrogen-bond donors (Lipinski definition) is 1. The zero-order valence-corrected chi connectivity index (χ0v) is 18.1. The van der Waals surface area contributed by atoms with Gasteiger partial charge in [-0.05, 0) is 61.0 Å². The van der Waals surface area contributed by atoms with Gasteiger partial charge in [0, 0.05) is 23.1 Å². The quantitative estimate of drug-likeness (QED) is 0.308. The number of rotatable bonds is 4. The van der Waals surface area contributed by atoms with Crippen LogP contribution in [0.15, 0.2) is 66.7 Å². The first-order chi connectivity index (χ1) is 15.0. The summed E-state index contributed by atoms with van der Waals surface area (Å²) in [6, 6.07) is 20.7. The van der Waals surface area contributed by atoms with Crippen LogP contribution in [0.25, 0.3) is 33.3 Å². The number of hydrogen-bond acceptors (Lipinski definition) is 3. The number of aryl methyl sites for hydroxylation is 1. The van der Waals surface area contributed by atoms with Crippen LogP contribution in [0.4, 0.5) is 0 Å². The van der Waals surface area contributed by atoms with E-state index in [4.69, 9.17) is 23.2 Å². The van der Waals surface area contributed by atoms with E-state index in [0.29, 0.717) is 33.4 Å². The molecule has 2 heterocycles. The summed E-state index contributed by atoms with van der Waals surface area (Å²) in [5.41, 5.74) is 5.63. The monoisotopic (exact) mass is 445 g/mol. The molecule has 4 nitrogen and oxygen atoms in total. The number of halogens is 2. The molecule has 0 amide bonds. The molecule has 0 aliphatic rings. The lowest BCUT2D eigenvalue weighted by atomic mass is 10.0. The number of imidazole rings is 1. The van der Waals surface area contributed by atoms with Crippen LogP contribution in [0.5, 0.6) is 0 Å². The van der Waals surface area contributed by atoms with Gasteiger partial charge in [0.1, 0.15) is 5.82 Å². The lowest BCUT2D eigenvalue weighted by Crippen LogP contribution is -2.03. The van der Waals surface area contributed by atoms with Gasteiger partial charge in [0.15, 0.2) is 5.78 Å². The van der Waals surface area contributed by atoms with Gasteiger partial charge in [0.05, 0.1) is 32.2 Å². The summed E-state index contributed by atoms with van der Waals surface area (Å²) in [7, 11) is 0. The molecule has 0 spiro atoms. The van der Waals surface area contributed by atoms with E-state index in [1.54, 1.807) is 24.3 Å². The number of benzene rings is 3. The van der Waals surface area contributed by atoms with E-state index in [0.717, 1.165) is 33.2 Å². The maximum atomic E-state index is 12.9. The Bertz CT molecular complexity index is 1450. The van der Waals surface area contributed by atoms with E-state index in [-0.39, 0.29) is 5.78 Å². The van der Waals surface area contributed by atoms with Crippen molar-refractivity contribution in [2.45, 2.75) is 13.3 Å². The lowest BCUT2D eigenvalue weighted by Gasteiger charge is -2.04. The number of fused-ring (bicyclic) bond motifs is 2. The highest BCUT2D eigenvalue weighted by molar-refractivity contribution is 6.39. The molecule has 2 aromatic heterocycles. The van der Waals surface area contributed by atoms with E-state index in [2.05, 4.69) is 15.0 Å². The van der Waals surface area contributed by atoms with Gasteiger partial charge in [-0.2, -0.15) is 0 Å². The van der Waals surface area contributed by atoms with Crippen molar-refractivity contribution in [3.8, 4) is 11.4 Å². The molecule has 3 aromatic carbocycles. The Morgan fingerprint density at radius 3 is 2.48 bits per heavy atom. The highest BCUT2D eigenvalue weighted by atomic mass is 35.5. The van der Waals surface area contributed by atoms with Gasteiger partial charge >= 0.3 is 0 Å². The summed E-state index contributed by atoms with van der Waals surface area (Å²) in [5, 5.41) is 2.06. The molecule has 6 heteroatoms. The summed E-state index contributed by atoms with van der Waals surface area (Å²) >= 11 is 12.6. The van der Waals surface area contributed by atoms with Gasteiger partial charge in [-0.15, -0.1) is 0 Å². The number of carbonyl (C=O) groups is 1. The maximum Gasteiger partial charge on any atom is 0.167 e. The van der Waals surface area contributed by atoms with Crippen molar-refractivity contribution >= 4 is 50.9 Å². The number of aromatic nitrogens is 3. The van der Waals surface area contributed by atoms with E-state index in [1.807, 2.05) is 49.4 Å². The van der Waals surface area contributed by atoms with Crippen molar-refractivity contribution in [3.05, 3.63) is 93.6 Å². The molecule has 5 rings (SSSR count). The molecule has 0 bridgehead atoms. The molecule has 0 aliphatic carbocycles. The van der Waals surface area contributed by atoms with Gasteiger partial charge in [-0.3, -0.25) is 9.78 Å². The summed E-state index contributed by atoms with van der Waals surface area (Å²) in [6.07, 6.45) is 0.312. The SMILES string of the molecule is Cc1ccc2cc(CC(=O)c3ccc4nc(-c5c(Cl)cccc5Cl)[nH]c4c3)ccc2n1. The molecule has 0 saturated heterocycles. The number of aromatic amines is 1. The van der Waals surface area contributed by atoms with E-state index in [1.165, 1.54) is 0 Å². The van der Waals surface area contributed by atoms with Crippen LogP contribution in [0.2, 0.25) is 10.0 Å². The van der Waals surface area contributed by atoms with Crippen LogP contribution in [0.1, 0.15) is 21.6 Å². The first-order valence-electron chi connectivity index (χ1n) is 9.81. The fourth-order valence-electron chi connectivity index (χ4n) is 3.70. The standard InChI is InChI=1S/C25H17Cl2N3O/c1-14-5-7-16-11-15(6-9-20(16)28-14)12-23(31)17-8-10-21-22(13-17)30-25(29-21)24-18(26)3-2-4-19(24)27/h2-11,13H,12H2,1H3,(H,29,30). The first kappa shape index (κ1) is 19.7. The smallest absolute Gasteiger partial charge is 0.167 e. The summed E-state index contributed by atoms with van der Waals surface area (Å²) < 4.78 is 0. The van der Waals surface area contributed by atoms with Crippen molar-refractivity contribution in [2.24, 2.45) is 0 Å². The number of nitrogens with zero attached hydrogens (tertiary/aromatic N) is 2. The number of pyridine rings is 1. The Morgan fingerprint density at radius 2 is 1.68 bits per heavy atom. The van der Waals surface area contributed by atoms with Crippen LogP contribution in [0, 0.1) is 6.92 Å². The van der Waals surface area contributed by atoms with Crippen molar-refractivity contribution in [1.82, 2.24) is 15.0 Å². The zero-order chi connectivity index (χ0) is 21.5. The third kappa shape index (κ3) is 3.80. The molecule has 5 aromatic rings. The largest absolute Gasteiger partial charge is 0.338 e. The highest BCUT2D eigenvalue weighted by Gasteiger charge is 2.15. The molecular weight excluding hydrogens is 429 g/mol. The third-order valence-electron chi connectivity index (χ3n) is 5.26. The number of nitrogens with one attached hydrogen (secondary N) is 1. The van der Waals surface area contributed by atoms with Crippen LogP contribution < -0.4 is 0 Å². The molecule has 0 fully saturated rings. The summed E-state index contributed by atoms with van der Waals surface area (Å²) in [4.78, 5) is 25.3. The zero-order valence-electron chi connectivity index (χ0n) is 16.6. The van der Waals surface area contributed by atoms with Crippen LogP contribution in [-0.2, 0) is 6.42 Å². The maximum absolute atomic E-state index is 12.9. The minimum atomic E-state index is 0.0354. The Balaban J connectivity index is 1.45. The van der Waals surface area contributed by atoms with Crippen molar-refractivity contribution in [2.75, 3.05) is 0 Å². The Hall–Kier alpha value is -3.21. The minimum Gasteiger partial charge on any atom is -0.338 e. The fraction of sp³-hybridized carbons (Fsp3) is 0.0800. The summed E-state index contributed by atoms with van der Waals surface area (Å²) in [5.74, 6) is 0.612. The van der Waals surface area contributed by atoms with Gasteiger partial charge in [-0.25, -0.2) is 4.98 Å². The number of ketones is 1. The molecule has 0 radical (unpaired) electrons. The summed E-state index contributed by atoms with van der Waals surface area (Å²) in [6.45, 7) is 1.97.